The molecule has 154 valence electrons. The van der Waals surface area contributed by atoms with Gasteiger partial charge in [0, 0.05) is 32.2 Å². The largest absolute Gasteiger partial charge is 0.480 e. The maximum atomic E-state index is 11.6. The minimum Gasteiger partial charge on any atom is -0.480 e. The van der Waals surface area contributed by atoms with Crippen molar-refractivity contribution in [2.24, 2.45) is 0 Å². The van der Waals surface area contributed by atoms with Gasteiger partial charge in [0.05, 0.1) is 7.11 Å². The number of piperazine rings is 1. The topological polar surface area (TPSA) is 148 Å². The molecule has 0 bridgehead atoms. The molecule has 1 aliphatic heterocycles. The van der Waals surface area contributed by atoms with E-state index < -0.39 is 5.91 Å². The van der Waals surface area contributed by atoms with Crippen LogP contribution in [-0.2, 0) is 4.79 Å². The van der Waals surface area contributed by atoms with Crippen LogP contribution < -0.4 is 26.4 Å². The van der Waals surface area contributed by atoms with E-state index in [9.17, 15) is 4.79 Å². The van der Waals surface area contributed by atoms with Crippen molar-refractivity contribution in [3.05, 3.63) is 18.7 Å². The monoisotopic (exact) mass is 417 g/mol. The van der Waals surface area contributed by atoms with Gasteiger partial charge in [0.15, 0.2) is 11.0 Å². The van der Waals surface area contributed by atoms with E-state index in [0.29, 0.717) is 21.7 Å². The van der Waals surface area contributed by atoms with E-state index in [2.05, 4.69) is 48.7 Å². The highest BCUT2D eigenvalue weighted by Gasteiger charge is 2.24. The molecule has 2 aromatic rings. The lowest BCUT2D eigenvalue weighted by Crippen LogP contribution is -2.45. The van der Waals surface area contributed by atoms with Crippen LogP contribution >= 0.6 is 11.8 Å². The summed E-state index contributed by atoms with van der Waals surface area (Å²) >= 11 is 1.19. The van der Waals surface area contributed by atoms with Gasteiger partial charge in [-0.25, -0.2) is 9.97 Å². The van der Waals surface area contributed by atoms with Gasteiger partial charge < -0.3 is 31.3 Å². The minimum absolute atomic E-state index is 0.118. The second-order valence-electron chi connectivity index (χ2n) is 6.29. The molecule has 2 aromatic heterocycles. The Morgan fingerprint density at radius 1 is 1.24 bits per heavy atom. The van der Waals surface area contributed by atoms with E-state index in [1.54, 1.807) is 0 Å². The number of hydrogen-bond donors (Lipinski definition) is 3. The zero-order valence-electron chi connectivity index (χ0n) is 16.3. The van der Waals surface area contributed by atoms with E-state index in [0.717, 1.165) is 32.3 Å². The molecular weight excluding hydrogens is 394 g/mol. The van der Waals surface area contributed by atoms with E-state index in [4.69, 9.17) is 16.2 Å². The lowest BCUT2D eigenvalue weighted by molar-refractivity contribution is -0.111. The Balaban J connectivity index is 1.97. The fourth-order valence-corrected chi connectivity index (χ4v) is 3.68. The van der Waals surface area contributed by atoms with Crippen LogP contribution in [-0.4, -0.2) is 71.1 Å². The number of nitrogens with zero attached hydrogens (tertiary/aromatic N) is 6. The van der Waals surface area contributed by atoms with Crippen molar-refractivity contribution in [2.75, 3.05) is 62.0 Å². The average Bonchev–Trinajstić information content (AvgIpc) is 2.69. The van der Waals surface area contributed by atoms with Gasteiger partial charge >= 0.3 is 0 Å². The van der Waals surface area contributed by atoms with Crippen molar-refractivity contribution < 1.29 is 9.53 Å². The Bertz CT molecular complexity index is 916. The number of rotatable bonds is 6. The zero-order chi connectivity index (χ0) is 21.0. The van der Waals surface area contributed by atoms with Crippen molar-refractivity contribution in [3.63, 3.8) is 0 Å². The Labute approximate surface area is 172 Å². The molecule has 12 heteroatoms. The van der Waals surface area contributed by atoms with E-state index in [1.165, 1.54) is 24.9 Å². The first kappa shape index (κ1) is 20.6. The molecule has 1 fully saturated rings. The summed E-state index contributed by atoms with van der Waals surface area (Å²) < 4.78 is 5.43. The van der Waals surface area contributed by atoms with Gasteiger partial charge in [-0.05, 0) is 24.9 Å². The fourth-order valence-electron chi connectivity index (χ4n) is 2.72. The molecule has 1 amide bonds. The summed E-state index contributed by atoms with van der Waals surface area (Å²) in [7, 11) is 3.58. The smallest absolute Gasteiger partial charge is 0.248 e. The Morgan fingerprint density at radius 3 is 2.62 bits per heavy atom. The van der Waals surface area contributed by atoms with Crippen molar-refractivity contribution in [3.8, 4) is 5.88 Å². The summed E-state index contributed by atoms with van der Waals surface area (Å²) in [5.41, 5.74) is 11.8. The van der Waals surface area contributed by atoms with Gasteiger partial charge in [-0.2, -0.15) is 9.97 Å². The Hall–Kier alpha value is -3.12. The molecule has 0 spiro atoms. The third kappa shape index (κ3) is 5.03. The molecule has 5 N–H and O–H groups in total. The molecule has 0 aromatic carbocycles. The second-order valence-corrected chi connectivity index (χ2v) is 7.27. The number of methoxy groups -OCH3 is 1. The number of carbonyl (C=O) groups excluding carboxylic acids is 1. The summed E-state index contributed by atoms with van der Waals surface area (Å²) in [5.74, 6) is 1.16. The number of nitrogens with two attached hydrogens (primary N) is 2. The molecule has 0 aliphatic carbocycles. The van der Waals surface area contributed by atoms with Crippen LogP contribution in [0.4, 0.5) is 23.4 Å². The molecule has 3 rings (SSSR count). The lowest BCUT2D eigenvalue weighted by atomic mass is 10.3. The van der Waals surface area contributed by atoms with E-state index in [1.807, 2.05) is 0 Å². The van der Waals surface area contributed by atoms with Crippen LogP contribution in [0.3, 0.4) is 0 Å². The number of likely N-dealkylation sites (N-methyl/N-ethyl adjacent to an activating group) is 1. The SMILES string of the molecule is C=CC(=O)Nc1cc(N)nc(Sc2c(OC)nc(N)nc2N2CCN(C)CC2)n1. The first-order valence-corrected chi connectivity index (χ1v) is 9.62. The van der Waals surface area contributed by atoms with Gasteiger partial charge in [-0.3, -0.25) is 4.79 Å². The molecule has 0 saturated carbocycles. The molecule has 29 heavy (non-hydrogen) atoms. The summed E-state index contributed by atoms with van der Waals surface area (Å²) in [6.07, 6.45) is 1.15. The summed E-state index contributed by atoms with van der Waals surface area (Å²) in [5, 5.41) is 2.89. The number of anilines is 4. The highest BCUT2D eigenvalue weighted by Crippen LogP contribution is 2.40. The third-order valence-corrected chi connectivity index (χ3v) is 5.11. The van der Waals surface area contributed by atoms with Gasteiger partial charge in [0.2, 0.25) is 17.7 Å². The first-order chi connectivity index (χ1) is 13.9. The molecular formula is C17H23N9O2S. The summed E-state index contributed by atoms with van der Waals surface area (Å²) in [4.78, 5) is 33.8. The first-order valence-electron chi connectivity index (χ1n) is 8.80. The number of ether oxygens (including phenoxy) is 1. The molecule has 1 aliphatic rings. The van der Waals surface area contributed by atoms with Crippen LogP contribution in [0.2, 0.25) is 0 Å². The Kier molecular flexibility index (Phi) is 6.34. The quantitative estimate of drug-likeness (QED) is 0.445. The lowest BCUT2D eigenvalue weighted by Gasteiger charge is -2.34. The highest BCUT2D eigenvalue weighted by molar-refractivity contribution is 7.99. The number of nitrogen functional groups attached to an aromatic ring is 2. The van der Waals surface area contributed by atoms with Crippen LogP contribution in [0.5, 0.6) is 5.88 Å². The fraction of sp³-hybridized carbons (Fsp3) is 0.353. The van der Waals surface area contributed by atoms with Crippen LogP contribution in [0.15, 0.2) is 28.8 Å². The van der Waals surface area contributed by atoms with Gasteiger partial charge in [-0.15, -0.1) is 0 Å². The second kappa shape index (κ2) is 8.92. The maximum absolute atomic E-state index is 11.6. The predicted octanol–water partition coefficient (Wildman–Crippen LogP) is 0.467. The standard InChI is InChI=1S/C17H23N9O2S/c1-4-12(27)21-11-9-10(18)20-17(22-11)29-13-14(23-16(19)24-15(13)28-3)26-7-5-25(2)6-8-26/h4,9H,1,5-8H2,2-3H3,(H2,19,23,24)(H3,18,20,21,22,27). The predicted molar refractivity (Wildman–Crippen MR) is 112 cm³/mol. The van der Waals surface area contributed by atoms with Crippen LogP contribution in [0, 0.1) is 0 Å². The van der Waals surface area contributed by atoms with Gasteiger partial charge in [0.1, 0.15) is 16.5 Å². The normalized spacial score (nSPS) is 14.5. The highest BCUT2D eigenvalue weighted by atomic mass is 32.2. The van der Waals surface area contributed by atoms with E-state index in [-0.39, 0.29) is 17.6 Å². The van der Waals surface area contributed by atoms with Crippen LogP contribution in [0.1, 0.15) is 0 Å². The molecule has 0 unspecified atom stereocenters. The van der Waals surface area contributed by atoms with Crippen molar-refractivity contribution in [2.45, 2.75) is 10.1 Å². The molecule has 0 radical (unpaired) electrons. The van der Waals surface area contributed by atoms with Gasteiger partial charge in [-0.1, -0.05) is 6.58 Å². The zero-order valence-corrected chi connectivity index (χ0v) is 17.1. The van der Waals surface area contributed by atoms with Crippen molar-refractivity contribution in [1.29, 1.82) is 0 Å². The van der Waals surface area contributed by atoms with Gasteiger partial charge in [0.25, 0.3) is 0 Å². The Morgan fingerprint density at radius 2 is 1.97 bits per heavy atom. The molecule has 0 atom stereocenters. The molecule has 11 nitrogen and oxygen atoms in total. The van der Waals surface area contributed by atoms with Crippen LogP contribution in [0.25, 0.3) is 0 Å². The number of carbonyl (C=O) groups is 1. The molecule has 3 heterocycles. The summed E-state index contributed by atoms with van der Waals surface area (Å²) in [6.45, 7) is 6.77. The minimum atomic E-state index is -0.398. The average molecular weight is 417 g/mol. The van der Waals surface area contributed by atoms with Crippen molar-refractivity contribution in [1.82, 2.24) is 24.8 Å². The number of amides is 1. The number of hydrogen-bond acceptors (Lipinski definition) is 11. The summed E-state index contributed by atoms with van der Waals surface area (Å²) in [6, 6.07) is 1.46. The maximum Gasteiger partial charge on any atom is 0.248 e. The number of nitrogens with one attached hydrogen (secondary N) is 1. The third-order valence-electron chi connectivity index (χ3n) is 4.19. The number of aromatic nitrogens is 4. The van der Waals surface area contributed by atoms with Crippen molar-refractivity contribution >= 4 is 41.1 Å². The molecule has 1 saturated heterocycles. The van der Waals surface area contributed by atoms with E-state index >= 15 is 0 Å².